The molecule has 0 radical (unpaired) electrons. The predicted molar refractivity (Wildman–Crippen MR) is 112 cm³/mol. The summed E-state index contributed by atoms with van der Waals surface area (Å²) >= 11 is 6.39. The summed E-state index contributed by atoms with van der Waals surface area (Å²) in [6.07, 6.45) is 0. The Morgan fingerprint density at radius 1 is 0.862 bits per heavy atom. The number of esters is 1. The summed E-state index contributed by atoms with van der Waals surface area (Å²) in [6, 6.07) is 11.5. The standard InChI is InChI=1S/C22H25ClN2O4/c1-14-11-15(2)13-18(12-14)21(28)25(23)24(22(4,5)6)20(27)17-7-9-19(10-8-17)29-16(3)26/h7-13H,1-6H3. The third-order valence-corrected chi connectivity index (χ3v) is 4.31. The number of rotatable bonds is 3. The van der Waals surface area contributed by atoms with Gasteiger partial charge in [0.05, 0.1) is 5.54 Å². The number of benzene rings is 2. The van der Waals surface area contributed by atoms with E-state index in [-0.39, 0.29) is 0 Å². The van der Waals surface area contributed by atoms with Gasteiger partial charge in [0.25, 0.3) is 11.8 Å². The number of nitrogens with zero attached hydrogens (tertiary/aromatic N) is 2. The molecule has 0 unspecified atom stereocenters. The van der Waals surface area contributed by atoms with E-state index in [1.54, 1.807) is 32.9 Å². The Bertz CT molecular complexity index is 913. The van der Waals surface area contributed by atoms with Crippen molar-refractivity contribution in [3.63, 3.8) is 0 Å². The van der Waals surface area contributed by atoms with Crippen LogP contribution in [0.15, 0.2) is 42.5 Å². The minimum atomic E-state index is -0.776. The number of carbonyl (C=O) groups excluding carboxylic acids is 3. The third kappa shape index (κ3) is 5.57. The molecule has 0 N–H and O–H groups in total. The van der Waals surface area contributed by atoms with Gasteiger partial charge in [-0.1, -0.05) is 17.2 Å². The predicted octanol–water partition coefficient (Wildman–Crippen LogP) is 4.68. The van der Waals surface area contributed by atoms with Gasteiger partial charge in [0.1, 0.15) is 5.75 Å². The van der Waals surface area contributed by atoms with Crippen molar-refractivity contribution < 1.29 is 19.1 Å². The van der Waals surface area contributed by atoms with E-state index in [4.69, 9.17) is 16.5 Å². The summed E-state index contributed by atoms with van der Waals surface area (Å²) in [7, 11) is 0. The van der Waals surface area contributed by atoms with Gasteiger partial charge in [0.15, 0.2) is 0 Å². The fourth-order valence-electron chi connectivity index (χ4n) is 2.90. The van der Waals surface area contributed by atoms with Crippen molar-refractivity contribution in [2.24, 2.45) is 0 Å². The van der Waals surface area contributed by atoms with Gasteiger partial charge in [0.2, 0.25) is 0 Å². The van der Waals surface area contributed by atoms with Gasteiger partial charge < -0.3 is 4.74 Å². The molecule has 2 aromatic carbocycles. The maximum atomic E-state index is 13.2. The molecule has 0 aromatic heterocycles. The summed E-state index contributed by atoms with van der Waals surface area (Å²) in [6.45, 7) is 10.4. The maximum absolute atomic E-state index is 13.2. The smallest absolute Gasteiger partial charge is 0.308 e. The normalized spacial score (nSPS) is 11.0. The Morgan fingerprint density at radius 2 is 1.38 bits per heavy atom. The van der Waals surface area contributed by atoms with Crippen molar-refractivity contribution in [1.29, 1.82) is 0 Å². The number of carbonyl (C=O) groups is 3. The van der Waals surface area contributed by atoms with Crippen LogP contribution < -0.4 is 4.74 Å². The second-order valence-electron chi connectivity index (χ2n) is 7.85. The van der Waals surface area contributed by atoms with Crippen molar-refractivity contribution in [3.8, 4) is 5.75 Å². The quantitative estimate of drug-likeness (QED) is 0.315. The van der Waals surface area contributed by atoms with Crippen molar-refractivity contribution in [2.45, 2.75) is 47.1 Å². The van der Waals surface area contributed by atoms with Crippen LogP contribution in [0.1, 0.15) is 59.5 Å². The van der Waals surface area contributed by atoms with Crippen molar-refractivity contribution in [2.75, 3.05) is 0 Å². The molecule has 2 rings (SSSR count). The molecule has 2 aromatic rings. The van der Waals surface area contributed by atoms with Crippen molar-refractivity contribution in [1.82, 2.24) is 9.54 Å². The van der Waals surface area contributed by atoms with Crippen LogP contribution in [0.2, 0.25) is 0 Å². The summed E-state index contributed by atoms with van der Waals surface area (Å²) < 4.78 is 5.82. The third-order valence-electron chi connectivity index (χ3n) is 4.00. The number of halogens is 1. The highest BCUT2D eigenvalue weighted by molar-refractivity contribution is 6.24. The first-order valence-corrected chi connectivity index (χ1v) is 9.45. The number of amides is 2. The molecule has 0 atom stereocenters. The summed E-state index contributed by atoms with van der Waals surface area (Å²) in [4.78, 5) is 37.2. The first-order valence-electron chi connectivity index (χ1n) is 9.11. The van der Waals surface area contributed by atoms with Crippen LogP contribution >= 0.6 is 11.8 Å². The van der Waals surface area contributed by atoms with E-state index < -0.39 is 23.3 Å². The Kier molecular flexibility index (Phi) is 6.69. The maximum Gasteiger partial charge on any atom is 0.308 e. The Morgan fingerprint density at radius 3 is 1.83 bits per heavy atom. The first kappa shape index (κ1) is 22.4. The summed E-state index contributed by atoms with van der Waals surface area (Å²) in [5, 5.41) is 1.20. The van der Waals surface area contributed by atoms with Crippen LogP contribution in [0.25, 0.3) is 0 Å². The van der Waals surface area contributed by atoms with E-state index in [1.165, 1.54) is 36.2 Å². The van der Waals surface area contributed by atoms with E-state index in [2.05, 4.69) is 0 Å². The Labute approximate surface area is 176 Å². The summed E-state index contributed by atoms with van der Waals surface area (Å²) in [5.74, 6) is -1.09. The molecule has 6 nitrogen and oxygen atoms in total. The average molecular weight is 417 g/mol. The second kappa shape index (κ2) is 8.66. The van der Waals surface area contributed by atoms with E-state index in [9.17, 15) is 14.4 Å². The zero-order valence-electron chi connectivity index (χ0n) is 17.4. The number of hydrazine groups is 1. The molecule has 0 spiro atoms. The zero-order chi connectivity index (χ0) is 21.9. The lowest BCUT2D eigenvalue weighted by Crippen LogP contribution is -2.54. The van der Waals surface area contributed by atoms with Crippen LogP contribution in [-0.4, -0.2) is 32.9 Å². The first-order chi connectivity index (χ1) is 13.4. The molecule has 0 saturated heterocycles. The fraction of sp³-hybridized carbons (Fsp3) is 0.318. The second-order valence-corrected chi connectivity index (χ2v) is 8.17. The minimum absolute atomic E-state index is 0.301. The van der Waals surface area contributed by atoms with Gasteiger partial charge in [-0.3, -0.25) is 14.4 Å². The van der Waals surface area contributed by atoms with E-state index in [0.717, 1.165) is 15.7 Å². The molecular weight excluding hydrogens is 392 g/mol. The molecule has 0 fully saturated rings. The highest BCUT2D eigenvalue weighted by Gasteiger charge is 2.35. The highest BCUT2D eigenvalue weighted by atomic mass is 35.5. The van der Waals surface area contributed by atoms with Gasteiger partial charge in [-0.15, -0.1) is 0 Å². The molecule has 0 heterocycles. The minimum Gasteiger partial charge on any atom is -0.427 e. The number of aryl methyl sites for hydroxylation is 2. The molecule has 7 heteroatoms. The van der Waals surface area contributed by atoms with Crippen LogP contribution in [-0.2, 0) is 4.79 Å². The van der Waals surface area contributed by atoms with Gasteiger partial charge in [-0.25, -0.2) is 5.01 Å². The highest BCUT2D eigenvalue weighted by Crippen LogP contribution is 2.25. The van der Waals surface area contributed by atoms with E-state index in [0.29, 0.717) is 16.9 Å². The average Bonchev–Trinajstić information content (AvgIpc) is 2.59. The lowest BCUT2D eigenvalue weighted by Gasteiger charge is -2.39. The largest absolute Gasteiger partial charge is 0.427 e. The Balaban J connectivity index is 2.36. The molecule has 0 aliphatic carbocycles. The molecule has 0 saturated carbocycles. The summed E-state index contributed by atoms with van der Waals surface area (Å²) in [5.41, 5.74) is 1.77. The lowest BCUT2D eigenvalue weighted by molar-refractivity contribution is -0.131. The topological polar surface area (TPSA) is 66.9 Å². The molecule has 0 bridgehead atoms. The molecular formula is C22H25ClN2O4. The van der Waals surface area contributed by atoms with Crippen LogP contribution in [0, 0.1) is 13.8 Å². The van der Waals surface area contributed by atoms with Gasteiger partial charge in [-0.2, -0.15) is 4.53 Å². The van der Waals surface area contributed by atoms with Crippen LogP contribution in [0.3, 0.4) is 0 Å². The molecule has 0 aliphatic rings. The molecule has 2 amide bonds. The van der Waals surface area contributed by atoms with Gasteiger partial charge in [-0.05, 0) is 71.0 Å². The molecule has 29 heavy (non-hydrogen) atoms. The van der Waals surface area contributed by atoms with Gasteiger partial charge in [0, 0.05) is 29.8 Å². The van der Waals surface area contributed by atoms with Gasteiger partial charge >= 0.3 is 5.97 Å². The van der Waals surface area contributed by atoms with Crippen molar-refractivity contribution in [3.05, 3.63) is 64.7 Å². The number of hydrogen-bond donors (Lipinski definition) is 0. The fourth-order valence-corrected chi connectivity index (χ4v) is 3.29. The number of ether oxygens (including phenoxy) is 1. The van der Waals surface area contributed by atoms with Crippen LogP contribution in [0.4, 0.5) is 0 Å². The van der Waals surface area contributed by atoms with Crippen LogP contribution in [0.5, 0.6) is 5.75 Å². The van der Waals surface area contributed by atoms with Crippen molar-refractivity contribution >= 4 is 29.6 Å². The Hall–Kier alpha value is -2.86. The number of hydrogen-bond acceptors (Lipinski definition) is 4. The van der Waals surface area contributed by atoms with E-state index in [1.807, 2.05) is 19.9 Å². The molecule has 0 aliphatic heterocycles. The SMILES string of the molecule is CC(=O)Oc1ccc(C(=O)N(N(Cl)C(=O)c2cc(C)cc(C)c2)C(C)(C)C)cc1. The van der Waals surface area contributed by atoms with E-state index >= 15 is 0 Å². The molecule has 154 valence electrons. The zero-order valence-corrected chi connectivity index (χ0v) is 18.2. The lowest BCUT2D eigenvalue weighted by atomic mass is 10.1. The monoisotopic (exact) mass is 416 g/mol.